The zero-order valence-corrected chi connectivity index (χ0v) is 25.9. The Balaban J connectivity index is 2.02. The lowest BCUT2D eigenvalue weighted by Gasteiger charge is -2.50. The van der Waals surface area contributed by atoms with Crippen LogP contribution in [0.25, 0.3) is 0 Å². The zero-order valence-electron chi connectivity index (χ0n) is 20.6. The number of benzene rings is 4. The lowest BCUT2D eigenvalue weighted by molar-refractivity contribution is 0.404. The highest BCUT2D eigenvalue weighted by atomic mass is 35.6. The molecule has 4 aromatic rings. The Hall–Kier alpha value is -1.49. The summed E-state index contributed by atoms with van der Waals surface area (Å²) in [7, 11) is 3.17. The van der Waals surface area contributed by atoms with Gasteiger partial charge in [0.15, 0.2) is 4.33 Å². The first-order valence-electron chi connectivity index (χ1n) is 11.7. The third-order valence-corrected chi connectivity index (χ3v) is 9.97. The summed E-state index contributed by atoms with van der Waals surface area (Å²) in [6, 6.07) is 27.4. The van der Waals surface area contributed by atoms with Crippen LogP contribution in [0.1, 0.15) is 27.8 Å². The average molecular weight is 662 g/mol. The van der Waals surface area contributed by atoms with E-state index >= 15 is 0 Å². The molecule has 202 valence electrons. The largest absolute Gasteiger partial charge is 0.497 e. The summed E-state index contributed by atoms with van der Waals surface area (Å²) in [5.41, 5.74) is 0.531. The van der Waals surface area contributed by atoms with E-state index in [0.717, 1.165) is 11.1 Å². The smallest absolute Gasteiger partial charge is 0.207 e. The van der Waals surface area contributed by atoms with E-state index in [-0.39, 0.29) is 0 Å². The van der Waals surface area contributed by atoms with E-state index in [9.17, 15) is 0 Å². The predicted molar refractivity (Wildman–Crippen MR) is 164 cm³/mol. The van der Waals surface area contributed by atoms with Crippen molar-refractivity contribution in [3.8, 4) is 11.5 Å². The molecule has 39 heavy (non-hydrogen) atoms. The van der Waals surface area contributed by atoms with E-state index < -0.39 is 19.0 Å². The van der Waals surface area contributed by atoms with Gasteiger partial charge >= 0.3 is 0 Å². The molecule has 9 heteroatoms. The average Bonchev–Trinajstić information content (AvgIpc) is 3.10. The van der Waals surface area contributed by atoms with E-state index in [0.29, 0.717) is 38.2 Å². The summed E-state index contributed by atoms with van der Waals surface area (Å²) in [5.74, 6) is 1.21. The Morgan fingerprint density at radius 3 is 1.44 bits per heavy atom. The summed E-state index contributed by atoms with van der Waals surface area (Å²) in [4.78, 5) is 0. The maximum Gasteiger partial charge on any atom is 0.207 e. The maximum atomic E-state index is 7.79. The number of methoxy groups -OCH3 is 2. The van der Waals surface area contributed by atoms with Gasteiger partial charge in [0.1, 0.15) is 16.9 Å². The van der Waals surface area contributed by atoms with Crippen LogP contribution in [0.5, 0.6) is 11.5 Å². The standard InChI is InChI=1S/C30H21Cl7O2/c1-38-23-13-7-20(8-14-23)28(30(35,36)37)25-16-15-24(39-2)17-26(25)27(29(28,33)34,18-3-9-21(31)10-4-18)19-5-11-22(32)12-6-19/h3-17H,1-2H3. The Kier molecular flexibility index (Phi) is 7.74. The Morgan fingerprint density at radius 2 is 1.00 bits per heavy atom. The van der Waals surface area contributed by atoms with Gasteiger partial charge in [-0.25, -0.2) is 0 Å². The normalized spacial score (nSPS) is 19.4. The molecule has 0 radical (unpaired) electrons. The quantitative estimate of drug-likeness (QED) is 0.198. The number of ether oxygens (including phenoxy) is 2. The van der Waals surface area contributed by atoms with Crippen LogP contribution < -0.4 is 9.47 Å². The van der Waals surface area contributed by atoms with Crippen molar-refractivity contribution in [1.82, 2.24) is 0 Å². The molecule has 4 aromatic carbocycles. The molecule has 5 rings (SSSR count). The van der Waals surface area contributed by atoms with E-state index in [4.69, 9.17) is 90.7 Å². The highest BCUT2D eigenvalue weighted by Gasteiger charge is 2.77. The molecule has 0 aliphatic heterocycles. The van der Waals surface area contributed by atoms with Gasteiger partial charge in [-0.2, -0.15) is 0 Å². The number of halogens is 7. The monoisotopic (exact) mass is 658 g/mol. The summed E-state index contributed by atoms with van der Waals surface area (Å²) in [6.45, 7) is 0. The first-order chi connectivity index (χ1) is 18.4. The summed E-state index contributed by atoms with van der Waals surface area (Å²) in [6.07, 6.45) is 0. The van der Waals surface area contributed by atoms with Gasteiger partial charge in [0.2, 0.25) is 3.79 Å². The number of hydrogen-bond acceptors (Lipinski definition) is 2. The molecule has 0 amide bonds. The van der Waals surface area contributed by atoms with Crippen LogP contribution in [0.15, 0.2) is 91.0 Å². The Labute approximate surface area is 262 Å². The lowest BCUT2D eigenvalue weighted by Crippen LogP contribution is -2.58. The Morgan fingerprint density at radius 1 is 0.564 bits per heavy atom. The first-order valence-corrected chi connectivity index (χ1v) is 14.4. The fourth-order valence-corrected chi connectivity index (χ4v) is 8.76. The summed E-state index contributed by atoms with van der Waals surface area (Å²) in [5, 5.41) is 1.10. The fraction of sp³-hybridized carbons (Fsp3) is 0.200. The minimum absolute atomic E-state index is 0.548. The molecule has 0 aromatic heterocycles. The van der Waals surface area contributed by atoms with Gasteiger partial charge in [0.05, 0.1) is 19.6 Å². The van der Waals surface area contributed by atoms with Crippen molar-refractivity contribution in [3.05, 3.63) is 129 Å². The van der Waals surface area contributed by atoms with Crippen molar-refractivity contribution in [2.24, 2.45) is 0 Å². The Bertz CT molecular complexity index is 1450. The molecule has 0 saturated heterocycles. The van der Waals surface area contributed by atoms with Crippen LogP contribution in [0.4, 0.5) is 0 Å². The van der Waals surface area contributed by atoms with Gasteiger partial charge < -0.3 is 9.47 Å². The fourth-order valence-electron chi connectivity index (χ4n) is 5.82. The van der Waals surface area contributed by atoms with Gasteiger partial charge in [0.25, 0.3) is 0 Å². The second-order valence-corrected chi connectivity index (χ2v) is 13.7. The van der Waals surface area contributed by atoms with Crippen LogP contribution >= 0.6 is 81.2 Å². The van der Waals surface area contributed by atoms with Crippen LogP contribution in [-0.4, -0.2) is 22.3 Å². The molecule has 1 atom stereocenters. The molecule has 1 aliphatic carbocycles. The summed E-state index contributed by atoms with van der Waals surface area (Å²) < 4.78 is 7.18. The van der Waals surface area contributed by atoms with Crippen molar-refractivity contribution in [1.29, 1.82) is 0 Å². The third-order valence-electron chi connectivity index (χ3n) is 7.48. The van der Waals surface area contributed by atoms with Gasteiger partial charge in [-0.05, 0) is 76.3 Å². The van der Waals surface area contributed by atoms with E-state index in [1.54, 1.807) is 56.7 Å². The molecule has 0 fully saturated rings. The molecular formula is C30H21Cl7O2. The minimum atomic E-state index is -2.03. The first kappa shape index (κ1) is 29.0. The van der Waals surface area contributed by atoms with Gasteiger partial charge in [-0.15, -0.1) is 0 Å². The number of rotatable bonds is 5. The van der Waals surface area contributed by atoms with E-state index in [1.807, 2.05) is 48.5 Å². The van der Waals surface area contributed by atoms with Crippen molar-refractivity contribution in [2.75, 3.05) is 14.2 Å². The number of alkyl halides is 5. The topological polar surface area (TPSA) is 18.5 Å². The molecule has 0 saturated carbocycles. The van der Waals surface area contributed by atoms with Crippen molar-refractivity contribution in [2.45, 2.75) is 19.0 Å². The summed E-state index contributed by atoms with van der Waals surface area (Å²) >= 11 is 49.2. The highest BCUT2D eigenvalue weighted by molar-refractivity contribution is 6.70. The highest BCUT2D eigenvalue weighted by Crippen LogP contribution is 2.74. The van der Waals surface area contributed by atoms with Crippen LogP contribution in [-0.2, 0) is 10.8 Å². The van der Waals surface area contributed by atoms with Crippen LogP contribution in [0, 0.1) is 0 Å². The molecule has 1 aliphatic rings. The maximum absolute atomic E-state index is 7.79. The van der Waals surface area contributed by atoms with Gasteiger partial charge in [-0.1, -0.05) is 124 Å². The second kappa shape index (κ2) is 10.4. The number of hydrogen-bond donors (Lipinski definition) is 0. The molecular weight excluding hydrogens is 640 g/mol. The zero-order chi connectivity index (χ0) is 28.2. The molecule has 0 spiro atoms. The molecule has 1 unspecified atom stereocenters. The second-order valence-electron chi connectivity index (χ2n) is 9.23. The minimum Gasteiger partial charge on any atom is -0.497 e. The van der Waals surface area contributed by atoms with Crippen molar-refractivity contribution in [3.63, 3.8) is 0 Å². The molecule has 0 N–H and O–H groups in total. The number of fused-ring (bicyclic) bond motifs is 1. The molecule has 2 nitrogen and oxygen atoms in total. The van der Waals surface area contributed by atoms with Crippen LogP contribution in [0.3, 0.4) is 0 Å². The predicted octanol–water partition coefficient (Wildman–Crippen LogP) is 10.2. The van der Waals surface area contributed by atoms with Gasteiger partial charge in [-0.3, -0.25) is 0 Å². The van der Waals surface area contributed by atoms with Gasteiger partial charge in [0, 0.05) is 10.0 Å². The molecule has 0 heterocycles. The van der Waals surface area contributed by atoms with Crippen LogP contribution in [0.2, 0.25) is 10.0 Å². The van der Waals surface area contributed by atoms with E-state index in [1.165, 1.54) is 0 Å². The molecule has 0 bridgehead atoms. The lowest BCUT2D eigenvalue weighted by atomic mass is 9.66. The van der Waals surface area contributed by atoms with E-state index in [2.05, 4.69) is 0 Å². The third kappa shape index (κ3) is 4.14. The van der Waals surface area contributed by atoms with Crippen molar-refractivity contribution < 1.29 is 9.47 Å². The SMILES string of the molecule is COc1ccc(C2(C(Cl)(Cl)Cl)c3ccc(OC)cc3C(c3ccc(Cl)cc3)(c3ccc(Cl)cc3)C2(Cl)Cl)cc1. The van der Waals surface area contributed by atoms with Crippen molar-refractivity contribution >= 4 is 81.2 Å².